The standard InChI is InChI=1S/C22H40N4P/c1-13(2)23-17(9)18(10)24(14(3)4)21(23)27-22-25(15(5)6)19(11)20(12)26(22)16(7)8/h13-16H,1-12H3/q+1. The predicted molar refractivity (Wildman–Crippen MR) is 117 cm³/mol. The van der Waals surface area contributed by atoms with E-state index in [2.05, 4.69) is 101 Å². The van der Waals surface area contributed by atoms with E-state index in [-0.39, 0.29) is 0 Å². The number of hydrogen-bond donors (Lipinski definition) is 0. The predicted octanol–water partition coefficient (Wildman–Crippen LogP) is 5.74. The molecule has 2 aromatic rings. The van der Waals surface area contributed by atoms with Crippen molar-refractivity contribution in [1.82, 2.24) is 13.7 Å². The topological polar surface area (TPSA) is 18.7 Å². The molecule has 0 bridgehead atoms. The normalized spacial score (nSPS) is 12.6. The molecular weight excluding hydrogens is 351 g/mol. The highest BCUT2D eigenvalue weighted by Gasteiger charge is 2.29. The van der Waals surface area contributed by atoms with Gasteiger partial charge in [-0.25, -0.2) is 9.13 Å². The molecule has 27 heavy (non-hydrogen) atoms. The molecule has 0 spiro atoms. The molecular formula is C22H40N4P+. The maximum absolute atomic E-state index is 2.53. The van der Waals surface area contributed by atoms with E-state index in [9.17, 15) is 0 Å². The van der Waals surface area contributed by atoms with Gasteiger partial charge in [0, 0.05) is 37.3 Å². The quantitative estimate of drug-likeness (QED) is 0.457. The van der Waals surface area contributed by atoms with Crippen LogP contribution in [-0.4, -0.2) is 13.7 Å². The highest BCUT2D eigenvalue weighted by molar-refractivity contribution is 7.37. The zero-order valence-corrected chi connectivity index (χ0v) is 20.4. The van der Waals surface area contributed by atoms with Gasteiger partial charge in [0.1, 0.15) is 16.6 Å². The summed E-state index contributed by atoms with van der Waals surface area (Å²) < 4.78 is 10.1. The summed E-state index contributed by atoms with van der Waals surface area (Å²) in [6, 6.07) is 1.79. The Bertz CT molecular complexity index is 823. The molecule has 0 aliphatic heterocycles. The molecule has 0 unspecified atom stereocenters. The Morgan fingerprint density at radius 3 is 1.37 bits per heavy atom. The van der Waals surface area contributed by atoms with Crippen LogP contribution in [0.5, 0.6) is 0 Å². The van der Waals surface area contributed by atoms with Crippen molar-refractivity contribution in [2.45, 2.75) is 107 Å². The maximum Gasteiger partial charge on any atom is 0.311 e. The third-order valence-corrected chi connectivity index (χ3v) is 6.88. The Balaban J connectivity index is 3.05. The van der Waals surface area contributed by atoms with Crippen molar-refractivity contribution in [2.75, 3.05) is 0 Å². The van der Waals surface area contributed by atoms with Crippen LogP contribution in [0.15, 0.2) is 0 Å². The first-order valence-corrected chi connectivity index (χ1v) is 11.3. The van der Waals surface area contributed by atoms with Crippen LogP contribution in [0, 0.1) is 32.9 Å². The molecule has 0 N–H and O–H groups in total. The Hall–Kier alpha value is -1.28. The van der Waals surface area contributed by atoms with E-state index in [1.165, 1.54) is 41.7 Å². The van der Waals surface area contributed by atoms with E-state index >= 15 is 0 Å². The van der Waals surface area contributed by atoms with E-state index in [1.807, 2.05) is 0 Å². The number of imidazole rings is 2. The Morgan fingerprint density at radius 1 is 0.630 bits per heavy atom. The van der Waals surface area contributed by atoms with Gasteiger partial charge in [-0.15, -0.1) is 0 Å². The minimum atomic E-state index is 0.448. The lowest BCUT2D eigenvalue weighted by atomic mass is 10.3. The van der Waals surface area contributed by atoms with Crippen molar-refractivity contribution >= 4 is 13.8 Å². The third kappa shape index (κ3) is 3.70. The molecule has 0 saturated heterocycles. The van der Waals surface area contributed by atoms with E-state index < -0.39 is 0 Å². The van der Waals surface area contributed by atoms with Gasteiger partial charge in [0.15, 0.2) is 0 Å². The zero-order chi connectivity index (χ0) is 20.8. The minimum absolute atomic E-state index is 0.448. The minimum Gasteiger partial charge on any atom is -0.324 e. The van der Waals surface area contributed by atoms with Gasteiger partial charge in [-0.3, -0.25) is 0 Å². The maximum atomic E-state index is 2.53. The smallest absolute Gasteiger partial charge is 0.311 e. The monoisotopic (exact) mass is 391 g/mol. The van der Waals surface area contributed by atoms with E-state index in [1.54, 1.807) is 0 Å². The van der Waals surface area contributed by atoms with Crippen LogP contribution in [0.3, 0.4) is 0 Å². The van der Waals surface area contributed by atoms with Crippen molar-refractivity contribution in [3.8, 4) is 0 Å². The number of aromatic nitrogens is 4. The van der Waals surface area contributed by atoms with Gasteiger partial charge in [-0.1, -0.05) is 0 Å². The molecule has 2 heterocycles. The SMILES string of the molecule is Cc1c(C)[n+](C(C)C)c(P=c2n(C(C)C)c(C)c(C)n2C(C)C)n1C(C)C. The van der Waals surface area contributed by atoms with Crippen LogP contribution in [0.2, 0.25) is 0 Å². The molecule has 2 rings (SSSR count). The van der Waals surface area contributed by atoms with Crippen molar-refractivity contribution < 1.29 is 4.57 Å². The van der Waals surface area contributed by atoms with Gasteiger partial charge in [-0.2, -0.15) is 0 Å². The summed E-state index contributed by atoms with van der Waals surface area (Å²) in [4.78, 5) is 0. The van der Waals surface area contributed by atoms with Crippen LogP contribution in [0.4, 0.5) is 0 Å². The van der Waals surface area contributed by atoms with Gasteiger partial charge in [0.25, 0.3) is 0 Å². The fourth-order valence-electron chi connectivity index (χ4n) is 4.31. The van der Waals surface area contributed by atoms with Crippen molar-refractivity contribution in [2.24, 2.45) is 0 Å². The van der Waals surface area contributed by atoms with Gasteiger partial charge in [-0.05, 0) is 69.2 Å². The van der Waals surface area contributed by atoms with Gasteiger partial charge in [0.05, 0.1) is 20.3 Å². The van der Waals surface area contributed by atoms with Gasteiger partial charge < -0.3 is 9.13 Å². The summed E-state index contributed by atoms with van der Waals surface area (Å²) in [7, 11) is 1.28. The van der Waals surface area contributed by atoms with Crippen LogP contribution in [0.25, 0.3) is 0 Å². The van der Waals surface area contributed by atoms with Crippen molar-refractivity contribution in [3.05, 3.63) is 28.0 Å². The molecule has 0 aliphatic rings. The summed E-state index contributed by atoms with van der Waals surface area (Å²) in [6.45, 7) is 27.4. The fraction of sp³-hybridized carbons (Fsp3) is 0.727. The fourth-order valence-corrected chi connectivity index (χ4v) is 6.44. The first-order chi connectivity index (χ1) is 12.4. The summed E-state index contributed by atoms with van der Waals surface area (Å²) >= 11 is 0. The van der Waals surface area contributed by atoms with Crippen LogP contribution < -0.4 is 10.1 Å². The lowest BCUT2D eigenvalue weighted by Crippen LogP contribution is -2.50. The van der Waals surface area contributed by atoms with E-state index in [0.29, 0.717) is 24.2 Å². The number of rotatable bonds is 5. The third-order valence-electron chi connectivity index (χ3n) is 5.62. The lowest BCUT2D eigenvalue weighted by Gasteiger charge is -2.13. The largest absolute Gasteiger partial charge is 0.324 e. The first-order valence-electron chi connectivity index (χ1n) is 10.4. The molecule has 0 amide bonds. The Morgan fingerprint density at radius 2 is 1.04 bits per heavy atom. The van der Waals surface area contributed by atoms with Crippen LogP contribution in [0.1, 0.15) is 102 Å². The molecule has 5 heteroatoms. The molecule has 0 fully saturated rings. The average molecular weight is 392 g/mol. The van der Waals surface area contributed by atoms with Crippen LogP contribution >= 0.6 is 8.20 Å². The molecule has 152 valence electrons. The highest BCUT2D eigenvalue weighted by atomic mass is 31.1. The molecule has 2 aromatic heterocycles. The van der Waals surface area contributed by atoms with Crippen molar-refractivity contribution in [3.63, 3.8) is 0 Å². The summed E-state index contributed by atoms with van der Waals surface area (Å²) in [5.41, 5.74) is 6.92. The summed E-state index contributed by atoms with van der Waals surface area (Å²) in [5.74, 6) is 0. The second kappa shape index (κ2) is 7.99. The Kier molecular flexibility index (Phi) is 6.52. The number of nitrogens with zero attached hydrogens (tertiary/aromatic N) is 4. The summed E-state index contributed by atoms with van der Waals surface area (Å²) in [5, 5.41) is 1.39. The molecule has 0 aliphatic carbocycles. The van der Waals surface area contributed by atoms with Gasteiger partial charge >= 0.3 is 5.57 Å². The second-order valence-corrected chi connectivity index (χ2v) is 9.93. The number of hydrogen-bond acceptors (Lipinski definition) is 0. The molecule has 4 nitrogen and oxygen atoms in total. The molecule has 0 saturated carbocycles. The lowest BCUT2D eigenvalue weighted by molar-refractivity contribution is -0.703. The summed E-state index contributed by atoms with van der Waals surface area (Å²) in [6.07, 6.45) is 0. The van der Waals surface area contributed by atoms with E-state index in [4.69, 9.17) is 0 Å². The second-order valence-electron chi connectivity index (χ2n) is 8.91. The molecule has 0 radical (unpaired) electrons. The Labute approximate surface area is 167 Å². The van der Waals surface area contributed by atoms with Crippen LogP contribution in [-0.2, 0) is 0 Å². The molecule has 0 aromatic carbocycles. The average Bonchev–Trinajstić information content (AvgIpc) is 2.91. The highest BCUT2D eigenvalue weighted by Crippen LogP contribution is 2.25. The molecule has 0 atom stereocenters. The first kappa shape index (κ1) is 22.0. The van der Waals surface area contributed by atoms with Crippen molar-refractivity contribution in [1.29, 1.82) is 0 Å². The zero-order valence-electron chi connectivity index (χ0n) is 19.5. The van der Waals surface area contributed by atoms with E-state index in [0.717, 1.165) is 0 Å². The van der Waals surface area contributed by atoms with Gasteiger partial charge in [0.2, 0.25) is 0 Å².